The Morgan fingerprint density at radius 3 is 2.14 bits per heavy atom. The van der Waals surface area contributed by atoms with Gasteiger partial charge in [0.25, 0.3) is 0 Å². The van der Waals surface area contributed by atoms with E-state index in [9.17, 15) is 14.7 Å². The number of benzene rings is 1. The summed E-state index contributed by atoms with van der Waals surface area (Å²) in [5.41, 5.74) is 0.638. The van der Waals surface area contributed by atoms with Gasteiger partial charge in [-0.15, -0.1) is 0 Å². The number of allylic oxidation sites excluding steroid dienone is 2. The molecule has 110 valence electrons. The van der Waals surface area contributed by atoms with Gasteiger partial charge in [0.05, 0.1) is 11.8 Å². The van der Waals surface area contributed by atoms with Crippen molar-refractivity contribution in [2.24, 2.45) is 23.7 Å². The van der Waals surface area contributed by atoms with Crippen molar-refractivity contribution in [3.63, 3.8) is 0 Å². The van der Waals surface area contributed by atoms with E-state index in [4.69, 9.17) is 11.6 Å². The Kier molecular flexibility index (Phi) is 3.72. The minimum absolute atomic E-state index is 0.0170. The Balaban J connectivity index is 1.81. The first-order valence-electron chi connectivity index (χ1n) is 7.04. The highest BCUT2D eigenvalue weighted by Gasteiger charge is 2.48. The standard InChI is InChI=1S/C16H16ClNO3/c17-11-5-7-12(8-6-11)18-15(19)13-9-1-3-10(4-2-9)14(13)16(20)21/h1,3,5-10,13-14H,2,4H2,(H,18,19)(H,20,21). The third kappa shape index (κ3) is 2.68. The summed E-state index contributed by atoms with van der Waals surface area (Å²) < 4.78 is 0. The molecule has 4 nitrogen and oxygen atoms in total. The number of carboxylic acid groups (broad SMARTS) is 1. The zero-order chi connectivity index (χ0) is 15.0. The van der Waals surface area contributed by atoms with E-state index in [1.807, 2.05) is 12.2 Å². The highest BCUT2D eigenvalue weighted by atomic mass is 35.5. The lowest BCUT2D eigenvalue weighted by atomic mass is 9.62. The SMILES string of the molecule is O=C(O)C1C2C=CC(CC2)C1C(=O)Nc1ccc(Cl)cc1. The van der Waals surface area contributed by atoms with E-state index in [0.717, 1.165) is 12.8 Å². The third-order valence-electron chi connectivity index (χ3n) is 4.45. The van der Waals surface area contributed by atoms with Crippen molar-refractivity contribution in [2.45, 2.75) is 12.8 Å². The maximum Gasteiger partial charge on any atom is 0.307 e. The van der Waals surface area contributed by atoms with Gasteiger partial charge in [0.2, 0.25) is 5.91 Å². The maximum atomic E-state index is 12.5. The molecular formula is C16H16ClNO3. The number of fused-ring (bicyclic) bond motifs is 2. The van der Waals surface area contributed by atoms with Crippen molar-refractivity contribution in [1.82, 2.24) is 0 Å². The number of anilines is 1. The van der Waals surface area contributed by atoms with Crippen molar-refractivity contribution in [3.05, 3.63) is 41.4 Å². The van der Waals surface area contributed by atoms with E-state index >= 15 is 0 Å². The summed E-state index contributed by atoms with van der Waals surface area (Å²) in [4.78, 5) is 24.0. The fourth-order valence-corrected chi connectivity index (χ4v) is 3.57. The molecule has 1 aromatic rings. The van der Waals surface area contributed by atoms with Gasteiger partial charge in [0, 0.05) is 10.7 Å². The number of hydrogen-bond donors (Lipinski definition) is 2. The number of hydrogen-bond acceptors (Lipinski definition) is 2. The smallest absolute Gasteiger partial charge is 0.307 e. The van der Waals surface area contributed by atoms with E-state index in [1.54, 1.807) is 24.3 Å². The molecule has 21 heavy (non-hydrogen) atoms. The van der Waals surface area contributed by atoms with E-state index in [-0.39, 0.29) is 17.7 Å². The van der Waals surface area contributed by atoms with Crippen molar-refractivity contribution < 1.29 is 14.7 Å². The molecule has 1 saturated carbocycles. The van der Waals surface area contributed by atoms with Gasteiger partial charge < -0.3 is 10.4 Å². The molecule has 0 radical (unpaired) electrons. The normalized spacial score (nSPS) is 30.1. The Bertz CT molecular complexity index is 596. The van der Waals surface area contributed by atoms with Crippen LogP contribution in [0.25, 0.3) is 0 Å². The largest absolute Gasteiger partial charge is 0.481 e. The number of halogens is 1. The maximum absolute atomic E-state index is 12.5. The Morgan fingerprint density at radius 1 is 1.05 bits per heavy atom. The number of nitrogens with one attached hydrogen (secondary N) is 1. The van der Waals surface area contributed by atoms with Crippen LogP contribution >= 0.6 is 11.6 Å². The highest BCUT2D eigenvalue weighted by molar-refractivity contribution is 6.30. The molecule has 0 heterocycles. The third-order valence-corrected chi connectivity index (χ3v) is 4.70. The predicted molar refractivity (Wildman–Crippen MR) is 80.1 cm³/mol. The molecule has 0 aromatic heterocycles. The van der Waals surface area contributed by atoms with Gasteiger partial charge in [-0.25, -0.2) is 0 Å². The first kappa shape index (κ1) is 14.1. The zero-order valence-corrected chi connectivity index (χ0v) is 12.1. The predicted octanol–water partition coefficient (Wildman–Crippen LogP) is 3.19. The number of carboxylic acids is 1. The van der Waals surface area contributed by atoms with Gasteiger partial charge in [-0.05, 0) is 48.9 Å². The quantitative estimate of drug-likeness (QED) is 0.843. The van der Waals surface area contributed by atoms with Gasteiger partial charge in [0.1, 0.15) is 0 Å². The summed E-state index contributed by atoms with van der Waals surface area (Å²) in [7, 11) is 0. The van der Waals surface area contributed by atoms with Gasteiger partial charge in [0.15, 0.2) is 0 Å². The number of carbonyl (C=O) groups excluding carboxylic acids is 1. The molecule has 4 atom stereocenters. The molecular weight excluding hydrogens is 290 g/mol. The summed E-state index contributed by atoms with van der Waals surface area (Å²) >= 11 is 5.81. The molecule has 2 bridgehead atoms. The van der Waals surface area contributed by atoms with E-state index < -0.39 is 17.8 Å². The summed E-state index contributed by atoms with van der Waals surface area (Å²) in [6.45, 7) is 0. The summed E-state index contributed by atoms with van der Waals surface area (Å²) in [5, 5.41) is 12.9. The van der Waals surface area contributed by atoms with E-state index in [0.29, 0.717) is 10.7 Å². The lowest BCUT2D eigenvalue weighted by Crippen LogP contribution is -2.47. The first-order chi connectivity index (χ1) is 10.1. The van der Waals surface area contributed by atoms with Crippen LogP contribution in [-0.4, -0.2) is 17.0 Å². The molecule has 4 unspecified atom stereocenters. The van der Waals surface area contributed by atoms with Gasteiger partial charge in [-0.3, -0.25) is 9.59 Å². The Labute approximate surface area is 127 Å². The van der Waals surface area contributed by atoms with Crippen LogP contribution in [0, 0.1) is 23.7 Å². The number of aliphatic carboxylic acids is 1. The summed E-state index contributed by atoms with van der Waals surface area (Å²) in [6, 6.07) is 6.82. The topological polar surface area (TPSA) is 66.4 Å². The molecule has 2 N–H and O–H groups in total. The van der Waals surface area contributed by atoms with Gasteiger partial charge in [-0.1, -0.05) is 23.8 Å². The lowest BCUT2D eigenvalue weighted by molar-refractivity contribution is -0.151. The fourth-order valence-electron chi connectivity index (χ4n) is 3.45. The molecule has 4 rings (SSSR count). The molecule has 1 amide bonds. The molecule has 0 saturated heterocycles. The number of rotatable bonds is 3. The monoisotopic (exact) mass is 305 g/mol. The van der Waals surface area contributed by atoms with Gasteiger partial charge >= 0.3 is 5.97 Å². The lowest BCUT2D eigenvalue weighted by Gasteiger charge is -2.41. The average Bonchev–Trinajstić information content (AvgIpc) is 2.49. The average molecular weight is 306 g/mol. The van der Waals surface area contributed by atoms with Crippen LogP contribution in [0.15, 0.2) is 36.4 Å². The van der Waals surface area contributed by atoms with Crippen LogP contribution in [0.4, 0.5) is 5.69 Å². The molecule has 3 aliphatic carbocycles. The van der Waals surface area contributed by atoms with Crippen molar-refractivity contribution in [2.75, 3.05) is 5.32 Å². The van der Waals surface area contributed by atoms with Crippen LogP contribution in [0.2, 0.25) is 5.02 Å². The molecule has 0 spiro atoms. The van der Waals surface area contributed by atoms with Crippen LogP contribution in [-0.2, 0) is 9.59 Å². The minimum atomic E-state index is -0.884. The first-order valence-corrected chi connectivity index (χ1v) is 7.41. The van der Waals surface area contributed by atoms with Crippen molar-refractivity contribution >= 4 is 29.2 Å². The van der Waals surface area contributed by atoms with E-state index in [2.05, 4.69) is 5.32 Å². The summed E-state index contributed by atoms with van der Waals surface area (Å²) in [5.74, 6) is -2.24. The van der Waals surface area contributed by atoms with Crippen LogP contribution in [0.5, 0.6) is 0 Å². The number of carbonyl (C=O) groups is 2. The fraction of sp³-hybridized carbons (Fsp3) is 0.375. The molecule has 0 aliphatic heterocycles. The highest BCUT2D eigenvalue weighted by Crippen LogP contribution is 2.45. The molecule has 3 aliphatic rings. The second-order valence-electron chi connectivity index (χ2n) is 5.68. The Hall–Kier alpha value is -1.81. The summed E-state index contributed by atoms with van der Waals surface area (Å²) in [6.07, 6.45) is 5.69. The minimum Gasteiger partial charge on any atom is -0.481 e. The molecule has 1 fully saturated rings. The molecule has 5 heteroatoms. The second kappa shape index (κ2) is 5.53. The Morgan fingerprint density at radius 2 is 1.62 bits per heavy atom. The second-order valence-corrected chi connectivity index (χ2v) is 6.11. The molecule has 1 aromatic carbocycles. The van der Waals surface area contributed by atoms with Crippen LogP contribution < -0.4 is 5.32 Å². The van der Waals surface area contributed by atoms with Crippen molar-refractivity contribution in [3.8, 4) is 0 Å². The van der Waals surface area contributed by atoms with Crippen LogP contribution in [0.3, 0.4) is 0 Å². The number of amides is 1. The van der Waals surface area contributed by atoms with Crippen molar-refractivity contribution in [1.29, 1.82) is 0 Å². The van der Waals surface area contributed by atoms with Crippen LogP contribution in [0.1, 0.15) is 12.8 Å². The van der Waals surface area contributed by atoms with Gasteiger partial charge in [-0.2, -0.15) is 0 Å². The zero-order valence-electron chi connectivity index (χ0n) is 11.3. The van der Waals surface area contributed by atoms with E-state index in [1.165, 1.54) is 0 Å².